The Balaban J connectivity index is 1.58. The molecule has 5 heteroatoms. The van der Waals surface area contributed by atoms with Gasteiger partial charge in [0.25, 0.3) is 0 Å². The van der Waals surface area contributed by atoms with Crippen LogP contribution in [-0.4, -0.2) is 16.6 Å². The lowest BCUT2D eigenvalue weighted by atomic mass is 9.90. The number of thiazole rings is 1. The number of fused-ring (bicyclic) bond motifs is 1. The average Bonchev–Trinajstić information content (AvgIpc) is 2.90. The van der Waals surface area contributed by atoms with E-state index in [1.807, 2.05) is 18.4 Å². The molecule has 1 aromatic heterocycles. The van der Waals surface area contributed by atoms with Crippen molar-refractivity contribution in [3.8, 4) is 0 Å². The van der Waals surface area contributed by atoms with Crippen molar-refractivity contribution in [1.82, 2.24) is 10.4 Å². The predicted molar refractivity (Wildman–Crippen MR) is 84.6 cm³/mol. The summed E-state index contributed by atoms with van der Waals surface area (Å²) >= 11 is 1.56. The Hall–Kier alpha value is -2.01. The monoisotopic (exact) mass is 299 g/mol. The second kappa shape index (κ2) is 6.18. The number of nitrogens with zero attached hydrogens (tertiary/aromatic N) is 2. The van der Waals surface area contributed by atoms with Crippen LogP contribution in [0.2, 0.25) is 0 Å². The molecule has 1 N–H and O–H groups in total. The molecule has 0 aliphatic heterocycles. The standard InChI is InChI=1S/C16H17N3OS/c1-11-17-15(10-21-11)9-16(20)19-18-14-7-6-12-4-2-3-5-13(12)8-14/h2-5,10H,6-9H2,1H3,(H,19,20)/b18-14+. The van der Waals surface area contributed by atoms with Gasteiger partial charge in [-0.15, -0.1) is 11.3 Å². The Bertz CT molecular complexity index is 690. The molecule has 0 atom stereocenters. The molecular formula is C16H17N3OS. The van der Waals surface area contributed by atoms with Crippen LogP contribution in [0.15, 0.2) is 34.7 Å². The zero-order valence-corrected chi connectivity index (χ0v) is 12.7. The third-order valence-electron chi connectivity index (χ3n) is 3.54. The molecule has 0 saturated heterocycles. The van der Waals surface area contributed by atoms with Gasteiger partial charge in [-0.05, 0) is 30.9 Å². The Morgan fingerprint density at radius 1 is 1.33 bits per heavy atom. The lowest BCUT2D eigenvalue weighted by Gasteiger charge is -2.17. The lowest BCUT2D eigenvalue weighted by molar-refractivity contribution is -0.120. The molecule has 1 heterocycles. The molecule has 4 nitrogen and oxygen atoms in total. The van der Waals surface area contributed by atoms with Crippen molar-refractivity contribution in [1.29, 1.82) is 0 Å². The summed E-state index contributed by atoms with van der Waals surface area (Å²) in [5.41, 5.74) is 7.20. The van der Waals surface area contributed by atoms with Crippen molar-refractivity contribution in [3.05, 3.63) is 51.5 Å². The Labute approximate surface area is 127 Å². The van der Waals surface area contributed by atoms with Gasteiger partial charge in [-0.2, -0.15) is 5.10 Å². The van der Waals surface area contributed by atoms with Crippen molar-refractivity contribution in [2.75, 3.05) is 0 Å². The van der Waals surface area contributed by atoms with E-state index in [4.69, 9.17) is 0 Å². The van der Waals surface area contributed by atoms with Gasteiger partial charge in [0.1, 0.15) is 0 Å². The van der Waals surface area contributed by atoms with E-state index >= 15 is 0 Å². The van der Waals surface area contributed by atoms with E-state index in [-0.39, 0.29) is 12.3 Å². The summed E-state index contributed by atoms with van der Waals surface area (Å²) < 4.78 is 0. The predicted octanol–water partition coefficient (Wildman–Crippen LogP) is 2.66. The summed E-state index contributed by atoms with van der Waals surface area (Å²) in [7, 11) is 0. The van der Waals surface area contributed by atoms with E-state index in [0.717, 1.165) is 35.7 Å². The summed E-state index contributed by atoms with van der Waals surface area (Å²) in [4.78, 5) is 16.1. The van der Waals surface area contributed by atoms with Crippen LogP contribution >= 0.6 is 11.3 Å². The fourth-order valence-electron chi connectivity index (χ4n) is 2.49. The van der Waals surface area contributed by atoms with E-state index in [1.165, 1.54) is 11.1 Å². The highest BCUT2D eigenvalue weighted by molar-refractivity contribution is 7.09. The van der Waals surface area contributed by atoms with Crippen LogP contribution in [0.5, 0.6) is 0 Å². The van der Waals surface area contributed by atoms with Crippen LogP contribution in [0.4, 0.5) is 0 Å². The highest BCUT2D eigenvalue weighted by atomic mass is 32.1. The minimum atomic E-state index is -0.105. The largest absolute Gasteiger partial charge is 0.273 e. The number of hydrogen-bond acceptors (Lipinski definition) is 4. The first-order chi connectivity index (χ1) is 10.2. The summed E-state index contributed by atoms with van der Waals surface area (Å²) in [6.07, 6.45) is 3.02. The Kier molecular flexibility index (Phi) is 4.10. The van der Waals surface area contributed by atoms with Crippen molar-refractivity contribution >= 4 is 23.0 Å². The van der Waals surface area contributed by atoms with Gasteiger partial charge in [-0.1, -0.05) is 24.3 Å². The second-order valence-corrected chi connectivity index (χ2v) is 6.26. The highest BCUT2D eigenvalue weighted by Gasteiger charge is 2.14. The van der Waals surface area contributed by atoms with Gasteiger partial charge in [0.15, 0.2) is 0 Å². The van der Waals surface area contributed by atoms with Gasteiger partial charge in [0.05, 0.1) is 17.1 Å². The smallest absolute Gasteiger partial charge is 0.246 e. The Morgan fingerprint density at radius 3 is 2.90 bits per heavy atom. The SMILES string of the molecule is Cc1nc(CC(=O)N/N=C2\CCc3ccccc3C2)cs1. The van der Waals surface area contributed by atoms with Gasteiger partial charge in [-0.25, -0.2) is 10.4 Å². The van der Waals surface area contributed by atoms with Crippen LogP contribution in [0, 0.1) is 6.92 Å². The molecule has 0 radical (unpaired) electrons. The maximum Gasteiger partial charge on any atom is 0.246 e. The Morgan fingerprint density at radius 2 is 2.14 bits per heavy atom. The molecule has 0 spiro atoms. The van der Waals surface area contributed by atoms with E-state index in [1.54, 1.807) is 11.3 Å². The van der Waals surface area contributed by atoms with Crippen LogP contribution in [0.1, 0.15) is 28.2 Å². The molecule has 1 aromatic carbocycles. The zero-order chi connectivity index (χ0) is 14.7. The third-order valence-corrected chi connectivity index (χ3v) is 4.37. The van der Waals surface area contributed by atoms with E-state index in [2.05, 4.69) is 33.7 Å². The molecular weight excluding hydrogens is 282 g/mol. The summed E-state index contributed by atoms with van der Waals surface area (Å²) in [6.45, 7) is 1.94. The van der Waals surface area contributed by atoms with Gasteiger partial charge in [-0.3, -0.25) is 4.79 Å². The number of rotatable bonds is 3. The van der Waals surface area contributed by atoms with Crippen molar-refractivity contribution < 1.29 is 4.79 Å². The summed E-state index contributed by atoms with van der Waals surface area (Å²) in [5, 5.41) is 7.17. The molecule has 0 bridgehead atoms. The van der Waals surface area contributed by atoms with E-state index < -0.39 is 0 Å². The number of carbonyl (C=O) groups is 1. The molecule has 3 rings (SSSR count). The first-order valence-electron chi connectivity index (χ1n) is 7.03. The van der Waals surface area contributed by atoms with Gasteiger partial charge in [0, 0.05) is 17.5 Å². The van der Waals surface area contributed by atoms with E-state index in [9.17, 15) is 4.79 Å². The first kappa shape index (κ1) is 13.9. The molecule has 2 aromatic rings. The molecule has 0 unspecified atom stereocenters. The highest BCUT2D eigenvalue weighted by Crippen LogP contribution is 2.19. The number of amides is 1. The number of benzene rings is 1. The number of aromatic nitrogens is 1. The van der Waals surface area contributed by atoms with Crippen LogP contribution in [-0.2, 0) is 24.1 Å². The maximum atomic E-state index is 11.9. The van der Waals surface area contributed by atoms with Crippen molar-refractivity contribution in [3.63, 3.8) is 0 Å². The van der Waals surface area contributed by atoms with Gasteiger partial charge >= 0.3 is 0 Å². The number of carbonyl (C=O) groups excluding carboxylic acids is 1. The number of nitrogens with one attached hydrogen (secondary N) is 1. The molecule has 1 aliphatic carbocycles. The topological polar surface area (TPSA) is 54.4 Å². The normalized spacial score (nSPS) is 15.8. The minimum absolute atomic E-state index is 0.105. The maximum absolute atomic E-state index is 11.9. The zero-order valence-electron chi connectivity index (χ0n) is 11.9. The average molecular weight is 299 g/mol. The third kappa shape index (κ3) is 3.55. The van der Waals surface area contributed by atoms with Crippen LogP contribution in [0.25, 0.3) is 0 Å². The molecule has 1 amide bonds. The van der Waals surface area contributed by atoms with Crippen LogP contribution < -0.4 is 5.43 Å². The fourth-order valence-corrected chi connectivity index (χ4v) is 3.10. The number of aryl methyl sites for hydroxylation is 2. The fraction of sp³-hybridized carbons (Fsp3) is 0.312. The quantitative estimate of drug-likeness (QED) is 0.886. The van der Waals surface area contributed by atoms with Crippen molar-refractivity contribution in [2.24, 2.45) is 5.10 Å². The number of hydrogen-bond donors (Lipinski definition) is 1. The molecule has 108 valence electrons. The molecule has 1 aliphatic rings. The molecule has 0 saturated carbocycles. The molecule has 21 heavy (non-hydrogen) atoms. The summed E-state index contributed by atoms with van der Waals surface area (Å²) in [6, 6.07) is 8.41. The lowest BCUT2D eigenvalue weighted by Crippen LogP contribution is -2.24. The van der Waals surface area contributed by atoms with Crippen molar-refractivity contribution in [2.45, 2.75) is 32.6 Å². The van der Waals surface area contributed by atoms with Gasteiger partial charge in [0.2, 0.25) is 5.91 Å². The minimum Gasteiger partial charge on any atom is -0.273 e. The van der Waals surface area contributed by atoms with Gasteiger partial charge < -0.3 is 0 Å². The first-order valence-corrected chi connectivity index (χ1v) is 7.91. The number of hydrazone groups is 1. The summed E-state index contributed by atoms with van der Waals surface area (Å²) in [5.74, 6) is -0.105. The second-order valence-electron chi connectivity index (χ2n) is 5.19. The van der Waals surface area contributed by atoms with Crippen LogP contribution in [0.3, 0.4) is 0 Å². The molecule has 0 fully saturated rings. The van der Waals surface area contributed by atoms with E-state index in [0.29, 0.717) is 0 Å².